The average molecular weight is 672 g/mol. The minimum Gasteiger partial charge on any atom is -0.478 e. The molecule has 3 aromatic carbocycles. The van der Waals surface area contributed by atoms with Crippen LogP contribution in [0.25, 0.3) is 22.3 Å². The van der Waals surface area contributed by atoms with Crippen LogP contribution in [0.5, 0.6) is 5.88 Å². The van der Waals surface area contributed by atoms with Crippen molar-refractivity contribution in [3.05, 3.63) is 111 Å². The van der Waals surface area contributed by atoms with Crippen molar-refractivity contribution in [3.63, 3.8) is 0 Å². The molecule has 1 aliphatic heterocycles. The van der Waals surface area contributed by atoms with Gasteiger partial charge in [0.2, 0.25) is 5.88 Å². The van der Waals surface area contributed by atoms with Crippen LogP contribution in [-0.2, 0) is 17.8 Å². The fraction of sp³-hybridized carbons (Fsp3) is 0.265. The van der Waals surface area contributed by atoms with Gasteiger partial charge in [0.1, 0.15) is 29.9 Å². The lowest BCUT2D eigenvalue weighted by molar-refractivity contribution is 0.0697. The van der Waals surface area contributed by atoms with Crippen LogP contribution in [0.2, 0.25) is 5.02 Å². The lowest BCUT2D eigenvalue weighted by Gasteiger charge is -2.28. The van der Waals surface area contributed by atoms with Gasteiger partial charge in [-0.3, -0.25) is 0 Å². The lowest BCUT2D eigenvalue weighted by Crippen LogP contribution is -2.27. The van der Waals surface area contributed by atoms with E-state index in [1.807, 2.05) is 18.4 Å². The highest BCUT2D eigenvalue weighted by Gasteiger charge is 2.39. The normalized spacial score (nSPS) is 15.9. The third-order valence-corrected chi connectivity index (χ3v) is 8.44. The number of ether oxygens (including phenoxy) is 2. The first kappa shape index (κ1) is 32.4. The van der Waals surface area contributed by atoms with Crippen molar-refractivity contribution in [2.24, 2.45) is 5.41 Å². The molecule has 3 heterocycles. The predicted octanol–water partition coefficient (Wildman–Crippen LogP) is 8.57. The number of aromatic nitrogens is 3. The molecule has 0 radical (unpaired) electrons. The first-order valence-corrected chi connectivity index (χ1v) is 14.9. The number of halogens is 6. The van der Waals surface area contributed by atoms with Gasteiger partial charge in [-0.2, -0.15) is 0 Å². The Hall–Kier alpha value is -4.55. The van der Waals surface area contributed by atoms with Gasteiger partial charge >= 0.3 is 5.97 Å². The Labute approximate surface area is 270 Å². The van der Waals surface area contributed by atoms with E-state index < -0.39 is 35.4 Å². The van der Waals surface area contributed by atoms with E-state index in [0.717, 1.165) is 30.3 Å². The molecule has 6 rings (SSSR count). The first-order valence-electron chi connectivity index (χ1n) is 14.5. The average Bonchev–Trinajstić information content (AvgIpc) is 3.55. The van der Waals surface area contributed by atoms with Crippen LogP contribution in [0.3, 0.4) is 0 Å². The molecular weight excluding hydrogens is 645 g/mol. The van der Waals surface area contributed by atoms with Crippen LogP contribution in [-0.4, -0.2) is 38.8 Å². The number of hydrogen-bond acceptors (Lipinski definition) is 5. The molecule has 2 aromatic heterocycles. The van der Waals surface area contributed by atoms with Gasteiger partial charge in [0.15, 0.2) is 0 Å². The molecule has 5 aromatic rings. The molecule has 0 aliphatic carbocycles. The topological polar surface area (TPSA) is 86.5 Å². The molecule has 0 bridgehead atoms. The van der Waals surface area contributed by atoms with Crippen LogP contribution >= 0.6 is 11.6 Å². The quantitative estimate of drug-likeness (QED) is 0.158. The lowest BCUT2D eigenvalue weighted by atomic mass is 9.87. The Balaban J connectivity index is 1.36. The predicted molar refractivity (Wildman–Crippen MR) is 163 cm³/mol. The van der Waals surface area contributed by atoms with Crippen molar-refractivity contribution in [1.29, 1.82) is 0 Å². The number of carboxylic acids is 1. The molecule has 0 unspecified atom stereocenters. The maximum atomic E-state index is 15.7. The Morgan fingerprint density at radius 1 is 1.02 bits per heavy atom. The highest BCUT2D eigenvalue weighted by Crippen LogP contribution is 2.41. The summed E-state index contributed by atoms with van der Waals surface area (Å²) in [6, 6.07) is 11.7. The summed E-state index contributed by atoms with van der Waals surface area (Å²) in [5.41, 5.74) is -0.585. The van der Waals surface area contributed by atoms with E-state index in [1.54, 1.807) is 6.07 Å². The van der Waals surface area contributed by atoms with Gasteiger partial charge in [-0.15, -0.1) is 0 Å². The number of pyridine rings is 1. The standard InChI is InChI=1S/C34H27ClF5N3O4/c1-34(2)16-46-15-29(34)43-28-9-17(33(44)45)4-6-26(28)41-30(43)10-19-7-25(38)22(13-24(19)37)27-8-20(32(39)40)11-31(42-27)47-14-18-3-5-21(35)12-23(18)36/h3-9,11-13,29,32H,10,14-16H2,1-2H3,(H,44,45)/t29-/m1/s1. The SMILES string of the molecule is CC1(C)COC[C@H]1n1c(Cc2cc(F)c(-c3cc(C(F)F)cc(OCc4ccc(Cl)cc4F)n3)cc2F)nc2ccc(C(=O)O)cc21. The summed E-state index contributed by atoms with van der Waals surface area (Å²) < 4.78 is 86.3. The molecule has 0 spiro atoms. The summed E-state index contributed by atoms with van der Waals surface area (Å²) in [4.78, 5) is 20.5. The number of alkyl halides is 2. The number of carbonyl (C=O) groups is 1. The highest BCUT2D eigenvalue weighted by atomic mass is 35.5. The summed E-state index contributed by atoms with van der Waals surface area (Å²) in [7, 11) is 0. The Bertz CT molecular complexity index is 2020. The van der Waals surface area contributed by atoms with Crippen molar-refractivity contribution in [1.82, 2.24) is 14.5 Å². The molecule has 0 amide bonds. The van der Waals surface area contributed by atoms with Gasteiger partial charge < -0.3 is 19.1 Å². The van der Waals surface area contributed by atoms with E-state index in [-0.39, 0.29) is 63.3 Å². The third-order valence-electron chi connectivity index (χ3n) is 8.20. The van der Waals surface area contributed by atoms with Gasteiger partial charge in [-0.1, -0.05) is 31.5 Å². The van der Waals surface area contributed by atoms with Gasteiger partial charge in [-0.25, -0.2) is 36.7 Å². The Morgan fingerprint density at radius 3 is 2.47 bits per heavy atom. The van der Waals surface area contributed by atoms with Crippen LogP contribution in [0.15, 0.2) is 60.7 Å². The molecule has 7 nitrogen and oxygen atoms in total. The minimum atomic E-state index is -2.99. The molecular formula is C34H27ClF5N3O4. The molecule has 1 aliphatic rings. The van der Waals surface area contributed by atoms with E-state index in [0.29, 0.717) is 30.1 Å². The molecule has 47 heavy (non-hydrogen) atoms. The Kier molecular flexibility index (Phi) is 8.66. The highest BCUT2D eigenvalue weighted by molar-refractivity contribution is 6.30. The van der Waals surface area contributed by atoms with E-state index in [4.69, 9.17) is 21.1 Å². The largest absolute Gasteiger partial charge is 0.478 e. The zero-order chi connectivity index (χ0) is 33.6. The van der Waals surface area contributed by atoms with E-state index in [1.165, 1.54) is 24.3 Å². The summed E-state index contributed by atoms with van der Waals surface area (Å²) in [5, 5.41) is 9.74. The number of nitrogens with zero attached hydrogens (tertiary/aromatic N) is 3. The number of fused-ring (bicyclic) bond motifs is 1. The van der Waals surface area contributed by atoms with Crippen LogP contribution in [0, 0.1) is 22.9 Å². The maximum Gasteiger partial charge on any atom is 0.335 e. The summed E-state index contributed by atoms with van der Waals surface area (Å²) in [6.07, 6.45) is -3.16. The number of benzene rings is 3. The van der Waals surface area contributed by atoms with Crippen molar-refractivity contribution in [2.45, 2.75) is 39.3 Å². The minimum absolute atomic E-state index is 0.0451. The second-order valence-corrected chi connectivity index (χ2v) is 12.4. The smallest absolute Gasteiger partial charge is 0.335 e. The number of carboxylic acid groups (broad SMARTS) is 1. The zero-order valence-corrected chi connectivity index (χ0v) is 25.8. The second-order valence-electron chi connectivity index (χ2n) is 12.0. The molecule has 1 N–H and O–H groups in total. The van der Waals surface area contributed by atoms with Crippen LogP contribution in [0.1, 0.15) is 59.2 Å². The van der Waals surface area contributed by atoms with E-state index in [9.17, 15) is 23.1 Å². The molecule has 244 valence electrons. The molecule has 1 fully saturated rings. The van der Waals surface area contributed by atoms with Crippen molar-refractivity contribution in [2.75, 3.05) is 13.2 Å². The fourth-order valence-electron chi connectivity index (χ4n) is 5.67. The number of hydrogen-bond donors (Lipinski definition) is 1. The fourth-order valence-corrected chi connectivity index (χ4v) is 5.83. The maximum absolute atomic E-state index is 15.7. The number of aromatic carboxylic acids is 1. The third kappa shape index (κ3) is 6.52. The summed E-state index contributed by atoms with van der Waals surface area (Å²) in [6.45, 7) is 4.33. The number of imidazole rings is 1. The van der Waals surface area contributed by atoms with Gasteiger partial charge in [0.25, 0.3) is 6.43 Å². The monoisotopic (exact) mass is 671 g/mol. The summed E-state index contributed by atoms with van der Waals surface area (Å²) in [5.74, 6) is -3.56. The van der Waals surface area contributed by atoms with E-state index >= 15 is 8.78 Å². The van der Waals surface area contributed by atoms with Crippen molar-refractivity contribution < 1.29 is 41.3 Å². The second kappa shape index (κ2) is 12.6. The molecule has 13 heteroatoms. The van der Waals surface area contributed by atoms with Crippen LogP contribution < -0.4 is 4.74 Å². The van der Waals surface area contributed by atoms with Gasteiger partial charge in [-0.05, 0) is 54.1 Å². The molecule has 0 saturated carbocycles. The van der Waals surface area contributed by atoms with E-state index in [2.05, 4.69) is 9.97 Å². The van der Waals surface area contributed by atoms with Gasteiger partial charge in [0.05, 0.1) is 41.5 Å². The molecule has 1 saturated heterocycles. The number of rotatable bonds is 9. The van der Waals surface area contributed by atoms with Gasteiger partial charge in [0, 0.05) is 39.6 Å². The first-order chi connectivity index (χ1) is 22.3. The van der Waals surface area contributed by atoms with Crippen LogP contribution in [0.4, 0.5) is 22.0 Å². The van der Waals surface area contributed by atoms with Crippen molar-refractivity contribution >= 4 is 28.6 Å². The Morgan fingerprint density at radius 2 is 1.79 bits per heavy atom. The van der Waals surface area contributed by atoms with Crippen molar-refractivity contribution in [3.8, 4) is 17.1 Å². The zero-order valence-electron chi connectivity index (χ0n) is 25.0. The molecule has 1 atom stereocenters. The summed E-state index contributed by atoms with van der Waals surface area (Å²) >= 11 is 5.77.